The molecule has 0 aliphatic heterocycles. The molecule has 27 heavy (non-hydrogen) atoms. The lowest BCUT2D eigenvalue weighted by atomic mass is 10.1. The molecule has 0 aliphatic carbocycles. The third-order valence-electron chi connectivity index (χ3n) is 4.36. The van der Waals surface area contributed by atoms with Crippen LogP contribution in [0.25, 0.3) is 21.7 Å². The van der Waals surface area contributed by atoms with E-state index in [0.29, 0.717) is 33.5 Å². The van der Waals surface area contributed by atoms with Crippen molar-refractivity contribution < 1.29 is 23.7 Å². The Balaban J connectivity index is 1.84. The van der Waals surface area contributed by atoms with Gasteiger partial charge in [0.1, 0.15) is 11.5 Å². The number of hydrogen-bond acceptors (Lipinski definition) is 5. The van der Waals surface area contributed by atoms with Crippen molar-refractivity contribution in [1.82, 2.24) is 4.98 Å². The van der Waals surface area contributed by atoms with Gasteiger partial charge in [-0.15, -0.1) is 0 Å². The van der Waals surface area contributed by atoms with Crippen LogP contribution in [0.1, 0.15) is 0 Å². The van der Waals surface area contributed by atoms with Gasteiger partial charge >= 0.3 is 0 Å². The number of rotatable bonds is 4. The molecule has 0 saturated carbocycles. The Hall–Kier alpha value is -3.54. The van der Waals surface area contributed by atoms with Crippen LogP contribution >= 0.6 is 0 Å². The lowest BCUT2D eigenvalue weighted by molar-refractivity contribution is 0.355. The zero-order valence-electron chi connectivity index (χ0n) is 14.7. The van der Waals surface area contributed by atoms with E-state index < -0.39 is 5.82 Å². The van der Waals surface area contributed by atoms with Gasteiger partial charge in [-0.1, -0.05) is 12.1 Å². The summed E-state index contributed by atoms with van der Waals surface area (Å²) in [6.45, 7) is 0. The third-order valence-corrected chi connectivity index (χ3v) is 4.36. The van der Waals surface area contributed by atoms with Gasteiger partial charge in [0.05, 0.1) is 19.7 Å². The SMILES string of the molecule is COc1cc2nccc(Oc3ccc4c(O)cccc4c3F)c2cc1OC. The summed E-state index contributed by atoms with van der Waals surface area (Å²) < 4.78 is 31.4. The first-order valence-electron chi connectivity index (χ1n) is 8.21. The minimum Gasteiger partial charge on any atom is -0.507 e. The van der Waals surface area contributed by atoms with Crippen LogP contribution in [-0.4, -0.2) is 24.3 Å². The standard InChI is InChI=1S/C21H16FNO4/c1-25-19-10-14-15(11-20(19)26-2)23-9-8-17(14)27-18-7-6-12-13(21(18)22)4-3-5-16(12)24/h3-11,24H,1-2H3. The van der Waals surface area contributed by atoms with Crippen molar-refractivity contribution in [3.63, 3.8) is 0 Å². The highest BCUT2D eigenvalue weighted by Crippen LogP contribution is 2.39. The Morgan fingerprint density at radius 3 is 2.37 bits per heavy atom. The summed E-state index contributed by atoms with van der Waals surface area (Å²) in [6, 6.07) is 12.9. The molecular formula is C21H16FNO4. The van der Waals surface area contributed by atoms with Crippen LogP contribution in [0, 0.1) is 5.82 Å². The van der Waals surface area contributed by atoms with Crippen molar-refractivity contribution in [2.24, 2.45) is 0 Å². The molecule has 0 radical (unpaired) electrons. The Labute approximate surface area is 154 Å². The zero-order chi connectivity index (χ0) is 19.0. The predicted octanol–water partition coefficient (Wildman–Crippen LogP) is 5.04. The molecule has 0 spiro atoms. The van der Waals surface area contributed by atoms with Gasteiger partial charge in [-0.25, -0.2) is 4.39 Å². The molecule has 136 valence electrons. The van der Waals surface area contributed by atoms with Crippen LogP contribution in [0.5, 0.6) is 28.7 Å². The number of benzene rings is 3. The lowest BCUT2D eigenvalue weighted by Crippen LogP contribution is -1.94. The molecule has 1 N–H and O–H groups in total. The normalized spacial score (nSPS) is 10.9. The molecule has 5 nitrogen and oxygen atoms in total. The molecule has 3 aromatic carbocycles. The number of aromatic hydroxyl groups is 1. The Bertz CT molecular complexity index is 1160. The van der Waals surface area contributed by atoms with Crippen LogP contribution in [0.2, 0.25) is 0 Å². The highest BCUT2D eigenvalue weighted by atomic mass is 19.1. The number of methoxy groups -OCH3 is 2. The summed E-state index contributed by atoms with van der Waals surface area (Å²) in [5, 5.41) is 11.2. The largest absolute Gasteiger partial charge is 0.507 e. The van der Waals surface area contributed by atoms with Crippen LogP contribution in [0.15, 0.2) is 54.7 Å². The smallest absolute Gasteiger partial charge is 0.173 e. The van der Waals surface area contributed by atoms with Gasteiger partial charge in [0.15, 0.2) is 23.1 Å². The summed E-state index contributed by atoms with van der Waals surface area (Å²) in [5.74, 6) is 1.02. The number of phenols is 1. The maximum atomic E-state index is 14.9. The summed E-state index contributed by atoms with van der Waals surface area (Å²) in [5.41, 5.74) is 0.629. The number of nitrogens with zero attached hydrogens (tertiary/aromatic N) is 1. The quantitative estimate of drug-likeness (QED) is 0.549. The van der Waals surface area contributed by atoms with Crippen molar-refractivity contribution in [2.75, 3.05) is 14.2 Å². The van der Waals surface area contributed by atoms with Crippen LogP contribution in [-0.2, 0) is 0 Å². The molecular weight excluding hydrogens is 349 g/mol. The van der Waals surface area contributed by atoms with Gasteiger partial charge in [0.2, 0.25) is 0 Å². The Morgan fingerprint density at radius 1 is 0.815 bits per heavy atom. The van der Waals surface area contributed by atoms with E-state index in [1.165, 1.54) is 19.2 Å². The van der Waals surface area contributed by atoms with Crippen molar-refractivity contribution >= 4 is 21.7 Å². The van der Waals surface area contributed by atoms with Crippen molar-refractivity contribution in [1.29, 1.82) is 0 Å². The number of hydrogen-bond donors (Lipinski definition) is 1. The van der Waals surface area contributed by atoms with Crippen molar-refractivity contribution in [3.05, 3.63) is 60.5 Å². The average molecular weight is 365 g/mol. The van der Waals surface area contributed by atoms with E-state index in [9.17, 15) is 9.50 Å². The maximum Gasteiger partial charge on any atom is 0.173 e. The first-order valence-corrected chi connectivity index (χ1v) is 8.21. The fraction of sp³-hybridized carbons (Fsp3) is 0.0952. The van der Waals surface area contributed by atoms with Crippen LogP contribution < -0.4 is 14.2 Å². The second kappa shape index (κ2) is 6.64. The molecule has 1 heterocycles. The number of aromatic nitrogens is 1. The van der Waals surface area contributed by atoms with Crippen molar-refractivity contribution in [3.8, 4) is 28.7 Å². The summed E-state index contributed by atoms with van der Waals surface area (Å²) in [4.78, 5) is 4.31. The minimum atomic E-state index is -0.547. The van der Waals surface area contributed by atoms with E-state index >= 15 is 0 Å². The fourth-order valence-corrected chi connectivity index (χ4v) is 3.02. The number of phenolic OH excluding ortho intramolecular Hbond substituents is 1. The Morgan fingerprint density at radius 2 is 1.59 bits per heavy atom. The molecule has 6 heteroatoms. The molecule has 4 rings (SSSR count). The number of fused-ring (bicyclic) bond motifs is 2. The number of pyridine rings is 1. The first kappa shape index (κ1) is 16.9. The van der Waals surface area contributed by atoms with Gasteiger partial charge in [-0.3, -0.25) is 4.98 Å². The zero-order valence-corrected chi connectivity index (χ0v) is 14.7. The topological polar surface area (TPSA) is 60.8 Å². The third kappa shape index (κ3) is 2.85. The van der Waals surface area contributed by atoms with Gasteiger partial charge in [0.25, 0.3) is 0 Å². The van der Waals surface area contributed by atoms with Crippen LogP contribution in [0.4, 0.5) is 4.39 Å². The molecule has 0 saturated heterocycles. The number of ether oxygens (including phenoxy) is 3. The molecule has 0 amide bonds. The molecule has 0 unspecified atom stereocenters. The second-order valence-corrected chi connectivity index (χ2v) is 5.89. The minimum absolute atomic E-state index is 0.0177. The first-order chi connectivity index (χ1) is 13.1. The summed E-state index contributed by atoms with van der Waals surface area (Å²) in [7, 11) is 3.08. The van der Waals surface area contributed by atoms with Crippen LogP contribution in [0.3, 0.4) is 0 Å². The summed E-state index contributed by atoms with van der Waals surface area (Å²) >= 11 is 0. The molecule has 4 aromatic rings. The van der Waals surface area contributed by atoms with E-state index in [4.69, 9.17) is 14.2 Å². The monoisotopic (exact) mass is 365 g/mol. The van der Waals surface area contributed by atoms with Gasteiger partial charge in [-0.05, 0) is 30.3 Å². The van der Waals surface area contributed by atoms with Gasteiger partial charge < -0.3 is 19.3 Å². The highest BCUT2D eigenvalue weighted by Gasteiger charge is 2.15. The molecule has 0 aliphatic rings. The highest BCUT2D eigenvalue weighted by molar-refractivity contribution is 5.91. The average Bonchev–Trinajstić information content (AvgIpc) is 2.69. The molecule has 0 fully saturated rings. The molecule has 1 aromatic heterocycles. The van der Waals surface area contributed by atoms with Gasteiger partial charge in [-0.2, -0.15) is 0 Å². The number of halogens is 1. The fourth-order valence-electron chi connectivity index (χ4n) is 3.02. The molecule has 0 atom stereocenters. The van der Waals surface area contributed by atoms with E-state index in [2.05, 4.69) is 4.98 Å². The summed E-state index contributed by atoms with van der Waals surface area (Å²) in [6.07, 6.45) is 1.58. The van der Waals surface area contributed by atoms with Crippen molar-refractivity contribution in [2.45, 2.75) is 0 Å². The maximum absolute atomic E-state index is 14.9. The van der Waals surface area contributed by atoms with E-state index in [0.717, 1.165) is 0 Å². The van der Waals surface area contributed by atoms with E-state index in [1.807, 2.05) is 0 Å². The van der Waals surface area contributed by atoms with Gasteiger partial charge in [0, 0.05) is 28.4 Å². The molecule has 0 bridgehead atoms. The van der Waals surface area contributed by atoms with E-state index in [1.54, 1.807) is 49.7 Å². The predicted molar refractivity (Wildman–Crippen MR) is 100 cm³/mol. The van der Waals surface area contributed by atoms with E-state index in [-0.39, 0.29) is 16.9 Å². The lowest BCUT2D eigenvalue weighted by Gasteiger charge is -2.13. The second-order valence-electron chi connectivity index (χ2n) is 5.89. The Kier molecular flexibility index (Phi) is 4.16.